The van der Waals surface area contributed by atoms with E-state index in [1.165, 1.54) is 49.3 Å². The van der Waals surface area contributed by atoms with Crippen molar-refractivity contribution in [1.29, 1.82) is 0 Å². The van der Waals surface area contributed by atoms with E-state index in [0.29, 0.717) is 0 Å². The molecule has 2 aliphatic carbocycles. The van der Waals surface area contributed by atoms with Crippen molar-refractivity contribution in [3.63, 3.8) is 0 Å². The summed E-state index contributed by atoms with van der Waals surface area (Å²) in [5.41, 5.74) is 4.33. The lowest BCUT2D eigenvalue weighted by molar-refractivity contribution is -0.121. The fraction of sp³-hybridized carbons (Fsp3) is 0.682. The zero-order valence-electron chi connectivity index (χ0n) is 16.5. The number of carbonyl (C=O) groups excluding carboxylic acids is 1. The van der Waals surface area contributed by atoms with E-state index in [9.17, 15) is 4.79 Å². The average molecular weight is 367 g/mol. The number of amides is 1. The molecular weight excluding hydrogens is 336 g/mol. The molecule has 0 N–H and O–H groups in total. The smallest absolute Gasteiger partial charge is 0.272 e. The molecule has 0 radical (unpaired) electrons. The highest BCUT2D eigenvalue weighted by molar-refractivity contribution is 5.83. The van der Waals surface area contributed by atoms with Gasteiger partial charge in [-0.25, -0.2) is 0 Å². The van der Waals surface area contributed by atoms with Crippen molar-refractivity contribution < 1.29 is 4.79 Å². The Morgan fingerprint density at radius 3 is 2.81 bits per heavy atom. The quantitative estimate of drug-likeness (QED) is 0.761. The van der Waals surface area contributed by atoms with Gasteiger partial charge in [0.1, 0.15) is 0 Å². The lowest BCUT2D eigenvalue weighted by Gasteiger charge is -2.37. The second-order valence-electron chi connectivity index (χ2n) is 9.55. The molecule has 27 heavy (non-hydrogen) atoms. The van der Waals surface area contributed by atoms with Gasteiger partial charge in [-0.1, -0.05) is 32.4 Å². The number of likely N-dealkylation sites (tertiary alicyclic amines) is 1. The molecule has 5 rings (SSSR count). The zero-order valence-corrected chi connectivity index (χ0v) is 16.5. The van der Waals surface area contributed by atoms with Gasteiger partial charge in [0.05, 0.1) is 12.0 Å². The molecule has 0 aromatic heterocycles. The molecule has 0 bridgehead atoms. The summed E-state index contributed by atoms with van der Waals surface area (Å²) in [4.78, 5) is 17.8. The molecule has 144 valence electrons. The summed E-state index contributed by atoms with van der Waals surface area (Å²) in [6.07, 6.45) is 12.4. The Hall–Kier alpha value is -1.75. The predicted molar refractivity (Wildman–Crippen MR) is 105 cm³/mol. The van der Waals surface area contributed by atoms with Crippen LogP contribution in [0.1, 0.15) is 46.0 Å². The highest BCUT2D eigenvalue weighted by Gasteiger charge is 2.51. The first-order valence-corrected chi connectivity index (χ1v) is 10.6. The van der Waals surface area contributed by atoms with Crippen LogP contribution in [-0.4, -0.2) is 47.9 Å². The van der Waals surface area contributed by atoms with Gasteiger partial charge in [-0.3, -0.25) is 4.79 Å². The highest BCUT2D eigenvalue weighted by Crippen LogP contribution is 2.54. The Kier molecular flexibility index (Phi) is 4.12. The van der Waals surface area contributed by atoms with Crippen LogP contribution >= 0.6 is 0 Å². The van der Waals surface area contributed by atoms with E-state index in [4.69, 9.17) is 0 Å². The zero-order chi connectivity index (χ0) is 18.6. The molecule has 5 nitrogen and oxygen atoms in total. The van der Waals surface area contributed by atoms with E-state index in [0.717, 1.165) is 25.9 Å². The van der Waals surface area contributed by atoms with Crippen molar-refractivity contribution in [1.82, 2.24) is 9.80 Å². The molecular formula is C22H30N4O. The summed E-state index contributed by atoms with van der Waals surface area (Å²) in [5.74, 6) is -0.0707. The van der Waals surface area contributed by atoms with Crippen LogP contribution < -0.4 is 0 Å². The lowest BCUT2D eigenvalue weighted by Crippen LogP contribution is -2.38. The minimum atomic E-state index is -0.162. The summed E-state index contributed by atoms with van der Waals surface area (Å²) in [6, 6.07) is 0.0672. The Morgan fingerprint density at radius 1 is 1.19 bits per heavy atom. The summed E-state index contributed by atoms with van der Waals surface area (Å²) < 4.78 is 0. The molecule has 5 heteroatoms. The number of hydrogen-bond donors (Lipinski definition) is 0. The minimum Gasteiger partial charge on any atom is -0.347 e. The number of hydrogen-bond acceptors (Lipinski definition) is 4. The third-order valence-electron chi connectivity index (χ3n) is 6.99. The maximum atomic E-state index is 12.6. The van der Waals surface area contributed by atoms with Crippen molar-refractivity contribution in [3.8, 4) is 0 Å². The summed E-state index contributed by atoms with van der Waals surface area (Å²) in [5, 5.41) is 8.63. The monoisotopic (exact) mass is 366 g/mol. The van der Waals surface area contributed by atoms with E-state index < -0.39 is 0 Å². The molecule has 0 spiro atoms. The van der Waals surface area contributed by atoms with Gasteiger partial charge in [0.2, 0.25) is 0 Å². The van der Waals surface area contributed by atoms with Gasteiger partial charge in [-0.15, -0.1) is 5.11 Å². The second-order valence-corrected chi connectivity index (χ2v) is 9.55. The summed E-state index contributed by atoms with van der Waals surface area (Å²) in [6.45, 7) is 9.24. The number of allylic oxidation sites excluding steroid dienone is 4. The van der Waals surface area contributed by atoms with Crippen LogP contribution in [0.3, 0.4) is 0 Å². The fourth-order valence-electron chi connectivity index (χ4n) is 5.74. The number of nitrogens with zero attached hydrogens (tertiary/aromatic N) is 4. The van der Waals surface area contributed by atoms with Crippen LogP contribution in [0.15, 0.2) is 45.4 Å². The molecule has 0 saturated carbocycles. The molecule has 0 aromatic rings. The van der Waals surface area contributed by atoms with Crippen LogP contribution in [0.5, 0.6) is 0 Å². The van der Waals surface area contributed by atoms with E-state index >= 15 is 0 Å². The molecule has 1 saturated heterocycles. The van der Waals surface area contributed by atoms with Gasteiger partial charge in [0.25, 0.3) is 5.91 Å². The first kappa shape index (κ1) is 17.4. The van der Waals surface area contributed by atoms with Gasteiger partial charge < -0.3 is 9.80 Å². The third kappa shape index (κ3) is 2.91. The standard InChI is InChI=1S/C22H30N4O/c1-22(2)13-16-20-18(14-22)26(12-11-25-9-4-3-5-10-25)17-8-6-7-15(19(17)20)21(27)24-23-16/h6-8,15-16,19H,3-5,9-14H2,1-2H3. The van der Waals surface area contributed by atoms with Crippen molar-refractivity contribution in [2.75, 3.05) is 26.2 Å². The van der Waals surface area contributed by atoms with E-state index in [1.807, 2.05) is 6.08 Å². The fourth-order valence-corrected chi connectivity index (χ4v) is 5.74. The number of azo groups is 1. The Balaban J connectivity index is 1.50. The Bertz CT molecular complexity index is 769. The lowest BCUT2D eigenvalue weighted by atomic mass is 9.70. The van der Waals surface area contributed by atoms with Crippen molar-refractivity contribution in [2.45, 2.75) is 52.0 Å². The van der Waals surface area contributed by atoms with Crippen molar-refractivity contribution in [2.24, 2.45) is 27.5 Å². The summed E-state index contributed by atoms with van der Waals surface area (Å²) >= 11 is 0. The van der Waals surface area contributed by atoms with E-state index in [2.05, 4.69) is 46.0 Å². The first-order chi connectivity index (χ1) is 13.0. The molecule has 0 aromatic carbocycles. The molecule has 3 atom stereocenters. The Labute approximate surface area is 161 Å². The minimum absolute atomic E-state index is 0.0672. The Morgan fingerprint density at radius 2 is 2.00 bits per heavy atom. The first-order valence-electron chi connectivity index (χ1n) is 10.6. The van der Waals surface area contributed by atoms with Gasteiger partial charge >= 0.3 is 0 Å². The topological polar surface area (TPSA) is 48.3 Å². The largest absolute Gasteiger partial charge is 0.347 e. The maximum absolute atomic E-state index is 12.6. The maximum Gasteiger partial charge on any atom is 0.272 e. The molecule has 3 aliphatic heterocycles. The van der Waals surface area contributed by atoms with Crippen LogP contribution in [-0.2, 0) is 4.79 Å². The van der Waals surface area contributed by atoms with E-state index in [-0.39, 0.29) is 29.2 Å². The van der Waals surface area contributed by atoms with E-state index in [1.54, 1.807) is 0 Å². The third-order valence-corrected chi connectivity index (χ3v) is 6.99. The van der Waals surface area contributed by atoms with Crippen LogP contribution in [0, 0.1) is 17.3 Å². The second kappa shape index (κ2) is 6.40. The number of rotatable bonds is 3. The molecule has 5 aliphatic rings. The molecule has 3 heterocycles. The average Bonchev–Trinajstić information content (AvgIpc) is 2.89. The molecule has 1 fully saturated rings. The number of piperidine rings is 1. The number of carbonyl (C=O) groups is 1. The molecule has 1 amide bonds. The van der Waals surface area contributed by atoms with Crippen molar-refractivity contribution in [3.05, 3.63) is 35.2 Å². The van der Waals surface area contributed by atoms with Crippen LogP contribution in [0.25, 0.3) is 0 Å². The van der Waals surface area contributed by atoms with Gasteiger partial charge in [-0.05, 0) is 55.8 Å². The summed E-state index contributed by atoms with van der Waals surface area (Å²) in [7, 11) is 0. The SMILES string of the molecule is CC1(C)CC2=C3C(C1)N=NC(=O)C1C=CC=C(C31)N2CCN1CCCCC1. The highest BCUT2D eigenvalue weighted by atomic mass is 16.2. The normalized spacial score (nSPS) is 34.6. The van der Waals surface area contributed by atoms with Crippen molar-refractivity contribution >= 4 is 5.91 Å². The van der Waals surface area contributed by atoms with Crippen LogP contribution in [0.4, 0.5) is 0 Å². The van der Waals surface area contributed by atoms with Gasteiger partial charge in [-0.2, -0.15) is 5.11 Å². The molecule has 3 unspecified atom stereocenters. The van der Waals surface area contributed by atoms with Crippen LogP contribution in [0.2, 0.25) is 0 Å². The van der Waals surface area contributed by atoms with Gasteiger partial charge in [0, 0.05) is 30.4 Å². The van der Waals surface area contributed by atoms with Gasteiger partial charge in [0.15, 0.2) is 0 Å². The predicted octanol–water partition coefficient (Wildman–Crippen LogP) is 3.91.